The van der Waals surface area contributed by atoms with Crippen LogP contribution in [0.3, 0.4) is 0 Å². The highest BCUT2D eigenvalue weighted by Crippen LogP contribution is 2.29. The minimum absolute atomic E-state index is 0.0366. The van der Waals surface area contributed by atoms with Crippen LogP contribution in [-0.2, 0) is 6.61 Å². The van der Waals surface area contributed by atoms with Gasteiger partial charge in [0.1, 0.15) is 6.61 Å². The predicted octanol–water partition coefficient (Wildman–Crippen LogP) is 5.94. The Hall–Kier alpha value is -5.26. The van der Waals surface area contributed by atoms with Gasteiger partial charge < -0.3 is 19.7 Å². The van der Waals surface area contributed by atoms with Crippen molar-refractivity contribution in [2.24, 2.45) is 5.10 Å². The zero-order chi connectivity index (χ0) is 29.1. The van der Waals surface area contributed by atoms with Gasteiger partial charge in [-0.1, -0.05) is 18.2 Å². The van der Waals surface area contributed by atoms with E-state index in [1.165, 1.54) is 18.6 Å². The SMILES string of the molecule is CCOc1cc(C=NNc2nc(Nc3ccccc3)nc(N3CCCCC3)n2)ccc1OCc1ccc([N+](=O)[O-])cc1. The van der Waals surface area contributed by atoms with Crippen LogP contribution >= 0.6 is 0 Å². The molecule has 2 heterocycles. The normalized spacial score (nSPS) is 13.1. The minimum Gasteiger partial charge on any atom is -0.490 e. The fourth-order valence-electron chi connectivity index (χ4n) is 4.39. The van der Waals surface area contributed by atoms with Crippen LogP contribution < -0.4 is 25.1 Å². The number of nitrogens with zero attached hydrogens (tertiary/aromatic N) is 6. The first kappa shape index (κ1) is 28.3. The summed E-state index contributed by atoms with van der Waals surface area (Å²) in [6.07, 6.45) is 5.06. The van der Waals surface area contributed by atoms with Crippen molar-refractivity contribution in [2.45, 2.75) is 32.8 Å². The van der Waals surface area contributed by atoms with E-state index in [9.17, 15) is 10.1 Å². The lowest BCUT2D eigenvalue weighted by molar-refractivity contribution is -0.384. The smallest absolute Gasteiger partial charge is 0.269 e. The second-order valence-corrected chi connectivity index (χ2v) is 9.54. The van der Waals surface area contributed by atoms with Crippen molar-refractivity contribution in [3.8, 4) is 11.5 Å². The maximum absolute atomic E-state index is 10.9. The maximum atomic E-state index is 10.9. The van der Waals surface area contributed by atoms with Gasteiger partial charge in [0.15, 0.2) is 11.5 Å². The van der Waals surface area contributed by atoms with E-state index in [2.05, 4.69) is 35.7 Å². The lowest BCUT2D eigenvalue weighted by atomic mass is 10.1. The molecule has 42 heavy (non-hydrogen) atoms. The Bertz CT molecular complexity index is 1510. The Morgan fingerprint density at radius 3 is 2.43 bits per heavy atom. The molecule has 12 nitrogen and oxygen atoms in total. The van der Waals surface area contributed by atoms with Gasteiger partial charge in [-0.2, -0.15) is 20.1 Å². The molecule has 4 aromatic rings. The highest BCUT2D eigenvalue weighted by molar-refractivity contribution is 5.81. The van der Waals surface area contributed by atoms with Crippen molar-refractivity contribution in [2.75, 3.05) is 35.3 Å². The van der Waals surface area contributed by atoms with E-state index in [0.717, 1.165) is 42.7 Å². The number of ether oxygens (including phenoxy) is 2. The number of non-ortho nitro benzene ring substituents is 1. The summed E-state index contributed by atoms with van der Waals surface area (Å²) in [7, 11) is 0. The van der Waals surface area contributed by atoms with Crippen molar-refractivity contribution < 1.29 is 14.4 Å². The third-order valence-electron chi connectivity index (χ3n) is 6.48. The molecule has 0 radical (unpaired) electrons. The van der Waals surface area contributed by atoms with Gasteiger partial charge in [0, 0.05) is 30.9 Å². The van der Waals surface area contributed by atoms with Crippen LogP contribution in [-0.4, -0.2) is 45.8 Å². The molecule has 5 rings (SSSR count). The molecule has 12 heteroatoms. The molecule has 1 aromatic heterocycles. The summed E-state index contributed by atoms with van der Waals surface area (Å²) in [4.78, 5) is 26.4. The molecule has 0 amide bonds. The molecule has 0 spiro atoms. The van der Waals surface area contributed by atoms with Crippen molar-refractivity contribution >= 4 is 35.4 Å². The van der Waals surface area contributed by atoms with E-state index in [-0.39, 0.29) is 12.3 Å². The fourth-order valence-corrected chi connectivity index (χ4v) is 4.39. The number of hydrogen-bond donors (Lipinski definition) is 2. The van der Waals surface area contributed by atoms with Crippen molar-refractivity contribution in [3.05, 3.63) is 94.0 Å². The number of anilines is 4. The highest BCUT2D eigenvalue weighted by atomic mass is 16.6. The van der Waals surface area contributed by atoms with Gasteiger partial charge in [-0.3, -0.25) is 10.1 Å². The fraction of sp³-hybridized carbons (Fsp3) is 0.267. The van der Waals surface area contributed by atoms with Gasteiger partial charge in [-0.15, -0.1) is 0 Å². The molecule has 1 aliphatic rings. The van der Waals surface area contributed by atoms with Crippen LogP contribution in [0.1, 0.15) is 37.3 Å². The molecular weight excluding hydrogens is 536 g/mol. The number of para-hydroxylation sites is 1. The Balaban J connectivity index is 1.28. The molecule has 0 unspecified atom stereocenters. The first-order valence-electron chi connectivity index (χ1n) is 13.8. The van der Waals surface area contributed by atoms with Crippen molar-refractivity contribution in [3.63, 3.8) is 0 Å². The molecule has 0 atom stereocenters. The van der Waals surface area contributed by atoms with E-state index < -0.39 is 4.92 Å². The predicted molar refractivity (Wildman–Crippen MR) is 162 cm³/mol. The summed E-state index contributed by atoms with van der Waals surface area (Å²) in [6.45, 7) is 4.38. The van der Waals surface area contributed by atoms with E-state index in [0.29, 0.717) is 36.0 Å². The van der Waals surface area contributed by atoms with Crippen molar-refractivity contribution in [1.82, 2.24) is 15.0 Å². The number of benzene rings is 3. The monoisotopic (exact) mass is 568 g/mol. The number of hydrazone groups is 1. The lowest BCUT2D eigenvalue weighted by Crippen LogP contribution is -2.31. The average molecular weight is 569 g/mol. The van der Waals surface area contributed by atoms with Gasteiger partial charge >= 0.3 is 0 Å². The molecule has 1 fully saturated rings. The van der Waals surface area contributed by atoms with Crippen LogP contribution in [0.2, 0.25) is 0 Å². The van der Waals surface area contributed by atoms with E-state index in [4.69, 9.17) is 9.47 Å². The lowest BCUT2D eigenvalue weighted by Gasteiger charge is -2.26. The van der Waals surface area contributed by atoms with E-state index >= 15 is 0 Å². The number of piperidine rings is 1. The summed E-state index contributed by atoms with van der Waals surface area (Å²) in [5.41, 5.74) is 5.44. The van der Waals surface area contributed by atoms with Gasteiger partial charge in [0.2, 0.25) is 17.8 Å². The van der Waals surface area contributed by atoms with Gasteiger partial charge in [0.25, 0.3) is 5.69 Å². The Labute approximate surface area is 243 Å². The standard InChI is InChI=1S/C30H32N8O4/c1-2-41-27-19-23(13-16-26(27)42-21-22-11-14-25(15-12-22)38(39)40)20-31-36-29-33-28(32-24-9-5-3-6-10-24)34-30(35-29)37-17-7-4-8-18-37/h3,5-6,9-16,19-20H,2,4,7-8,17-18,21H2,1H3,(H2,32,33,34,35,36). The number of hydrogen-bond acceptors (Lipinski definition) is 11. The van der Waals surface area contributed by atoms with E-state index in [1.54, 1.807) is 24.4 Å². The third kappa shape index (κ3) is 7.68. The Morgan fingerprint density at radius 2 is 1.69 bits per heavy atom. The number of nitro benzene ring substituents is 1. The second kappa shape index (κ2) is 13.9. The average Bonchev–Trinajstić information content (AvgIpc) is 3.02. The minimum atomic E-state index is -0.429. The molecule has 0 aliphatic carbocycles. The molecule has 0 bridgehead atoms. The quantitative estimate of drug-likeness (QED) is 0.120. The number of rotatable bonds is 12. The molecule has 1 aliphatic heterocycles. The first-order chi connectivity index (χ1) is 20.6. The van der Waals surface area contributed by atoms with Crippen LogP contribution in [0.4, 0.5) is 29.2 Å². The third-order valence-corrected chi connectivity index (χ3v) is 6.48. The largest absolute Gasteiger partial charge is 0.490 e. The molecule has 0 saturated carbocycles. The van der Waals surface area contributed by atoms with Gasteiger partial charge in [-0.25, -0.2) is 5.43 Å². The van der Waals surface area contributed by atoms with Crippen LogP contribution in [0.5, 0.6) is 11.5 Å². The number of nitro groups is 1. The second-order valence-electron chi connectivity index (χ2n) is 9.54. The molecule has 216 valence electrons. The summed E-state index contributed by atoms with van der Waals surface area (Å²) in [6, 6.07) is 21.5. The Morgan fingerprint density at radius 1 is 0.929 bits per heavy atom. The van der Waals surface area contributed by atoms with Crippen LogP contribution in [0, 0.1) is 10.1 Å². The first-order valence-corrected chi connectivity index (χ1v) is 13.8. The maximum Gasteiger partial charge on any atom is 0.269 e. The molecular formula is C30H32N8O4. The van der Waals surface area contributed by atoms with Crippen LogP contribution in [0.15, 0.2) is 77.9 Å². The topological polar surface area (TPSA) is 140 Å². The van der Waals surface area contributed by atoms with Crippen LogP contribution in [0.25, 0.3) is 0 Å². The zero-order valence-electron chi connectivity index (χ0n) is 23.3. The summed E-state index contributed by atoms with van der Waals surface area (Å²) in [5, 5.41) is 18.5. The summed E-state index contributed by atoms with van der Waals surface area (Å²) in [5.74, 6) is 2.48. The summed E-state index contributed by atoms with van der Waals surface area (Å²) < 4.78 is 11.7. The summed E-state index contributed by atoms with van der Waals surface area (Å²) >= 11 is 0. The number of aromatic nitrogens is 3. The van der Waals surface area contributed by atoms with Gasteiger partial charge in [0.05, 0.1) is 17.7 Å². The zero-order valence-corrected chi connectivity index (χ0v) is 23.3. The molecule has 3 aromatic carbocycles. The Kier molecular flexibility index (Phi) is 9.35. The molecule has 2 N–H and O–H groups in total. The van der Waals surface area contributed by atoms with E-state index in [1.807, 2.05) is 49.4 Å². The highest BCUT2D eigenvalue weighted by Gasteiger charge is 2.16. The van der Waals surface area contributed by atoms with Gasteiger partial charge in [-0.05, 0) is 79.8 Å². The van der Waals surface area contributed by atoms with Crippen molar-refractivity contribution in [1.29, 1.82) is 0 Å². The number of nitrogens with one attached hydrogen (secondary N) is 2. The molecule has 1 saturated heterocycles.